The van der Waals surface area contributed by atoms with Crippen molar-refractivity contribution in [1.29, 1.82) is 0 Å². The molecule has 3 N–H and O–H groups in total. The van der Waals surface area contributed by atoms with E-state index < -0.39 is 40.4 Å². The molecule has 0 aromatic heterocycles. The Morgan fingerprint density at radius 2 is 1.90 bits per heavy atom. The number of hydrogen-bond acceptors (Lipinski definition) is 3. The van der Waals surface area contributed by atoms with E-state index in [-0.39, 0.29) is 5.56 Å². The number of hydrogen-bond donors (Lipinski definition) is 3. The molecule has 10 heteroatoms. The molecule has 1 atom stereocenters. The summed E-state index contributed by atoms with van der Waals surface area (Å²) < 4.78 is 62.8. The molecule has 0 aliphatic rings. The van der Waals surface area contributed by atoms with Crippen LogP contribution in [0.4, 0.5) is 18.0 Å². The fourth-order valence-corrected chi connectivity index (χ4v) is 2.15. The van der Waals surface area contributed by atoms with Crippen LogP contribution in [0.25, 0.3) is 0 Å². The SMILES string of the molecule is CS(=O)(=O)NCC(NC(=O)O)c1ccccc1C(F)(F)F. The van der Waals surface area contributed by atoms with E-state index in [2.05, 4.69) is 0 Å². The summed E-state index contributed by atoms with van der Waals surface area (Å²) in [5, 5.41) is 10.6. The molecule has 21 heavy (non-hydrogen) atoms. The lowest BCUT2D eigenvalue weighted by Gasteiger charge is -2.21. The number of halogens is 3. The van der Waals surface area contributed by atoms with Gasteiger partial charge in [0, 0.05) is 6.54 Å². The second-order valence-corrected chi connectivity index (χ2v) is 6.04. The molecular weight excluding hydrogens is 313 g/mol. The molecule has 0 heterocycles. The highest BCUT2D eigenvalue weighted by atomic mass is 32.2. The van der Waals surface area contributed by atoms with Gasteiger partial charge in [-0.15, -0.1) is 0 Å². The van der Waals surface area contributed by atoms with Crippen LogP contribution in [0.3, 0.4) is 0 Å². The largest absolute Gasteiger partial charge is 0.465 e. The molecule has 1 unspecified atom stereocenters. The van der Waals surface area contributed by atoms with Crippen LogP contribution in [-0.4, -0.2) is 32.4 Å². The van der Waals surface area contributed by atoms with E-state index in [4.69, 9.17) is 5.11 Å². The Bertz CT molecular complexity index is 616. The molecule has 6 nitrogen and oxygen atoms in total. The standard InChI is InChI=1S/C11H13F3N2O4S/c1-21(19,20)15-6-9(16-10(17)18)7-4-2-3-5-8(7)11(12,13)14/h2-5,9,15-16H,6H2,1H3,(H,17,18). The molecule has 118 valence electrons. The van der Waals surface area contributed by atoms with Gasteiger partial charge in [-0.1, -0.05) is 18.2 Å². The smallest absolute Gasteiger partial charge is 0.416 e. The minimum atomic E-state index is -4.68. The van der Waals surface area contributed by atoms with Gasteiger partial charge >= 0.3 is 12.3 Å². The minimum Gasteiger partial charge on any atom is -0.465 e. The minimum absolute atomic E-state index is 0.358. The second kappa shape index (κ2) is 6.31. The maximum atomic E-state index is 12.9. The summed E-state index contributed by atoms with van der Waals surface area (Å²) in [6.45, 7) is -0.530. The van der Waals surface area contributed by atoms with Gasteiger partial charge in [-0.2, -0.15) is 13.2 Å². The van der Waals surface area contributed by atoms with Crippen LogP contribution in [0.2, 0.25) is 0 Å². The summed E-state index contributed by atoms with van der Waals surface area (Å²) in [6.07, 6.45) is -5.42. The van der Waals surface area contributed by atoms with Crippen LogP contribution >= 0.6 is 0 Å². The number of carboxylic acid groups (broad SMARTS) is 1. The Morgan fingerprint density at radius 1 is 1.33 bits per heavy atom. The van der Waals surface area contributed by atoms with Gasteiger partial charge in [0.05, 0.1) is 17.9 Å². The highest BCUT2D eigenvalue weighted by Crippen LogP contribution is 2.34. The first-order valence-corrected chi connectivity index (χ1v) is 7.50. The molecule has 0 bridgehead atoms. The molecule has 1 amide bonds. The van der Waals surface area contributed by atoms with Crippen molar-refractivity contribution in [1.82, 2.24) is 10.0 Å². The first-order valence-electron chi connectivity index (χ1n) is 5.61. The summed E-state index contributed by atoms with van der Waals surface area (Å²) in [7, 11) is -3.68. The molecule has 0 saturated heterocycles. The van der Waals surface area contributed by atoms with Crippen LogP contribution in [0.1, 0.15) is 17.2 Å². The Kier molecular flexibility index (Phi) is 5.18. The summed E-state index contributed by atoms with van der Waals surface area (Å²) in [5.41, 5.74) is -1.39. The summed E-state index contributed by atoms with van der Waals surface area (Å²) in [6, 6.07) is 2.99. The number of sulfonamides is 1. The van der Waals surface area contributed by atoms with Crippen LogP contribution in [0.5, 0.6) is 0 Å². The Balaban J connectivity index is 3.17. The van der Waals surface area contributed by atoms with E-state index >= 15 is 0 Å². The van der Waals surface area contributed by atoms with Crippen LogP contribution < -0.4 is 10.0 Å². The van der Waals surface area contributed by atoms with Crippen molar-refractivity contribution in [3.63, 3.8) is 0 Å². The Hall–Kier alpha value is -1.81. The van der Waals surface area contributed by atoms with Crippen molar-refractivity contribution in [2.24, 2.45) is 0 Å². The third-order valence-electron chi connectivity index (χ3n) is 2.49. The number of alkyl halides is 3. The number of nitrogens with one attached hydrogen (secondary N) is 2. The lowest BCUT2D eigenvalue weighted by molar-refractivity contribution is -0.138. The van der Waals surface area contributed by atoms with E-state index in [0.29, 0.717) is 0 Å². The maximum Gasteiger partial charge on any atom is 0.416 e. The van der Waals surface area contributed by atoms with Crippen molar-refractivity contribution in [2.75, 3.05) is 12.8 Å². The first kappa shape index (κ1) is 17.2. The predicted octanol–water partition coefficient (Wildman–Crippen LogP) is 1.56. The molecule has 0 spiro atoms. The molecule has 0 saturated carbocycles. The average molecular weight is 326 g/mol. The monoisotopic (exact) mass is 326 g/mol. The summed E-state index contributed by atoms with van der Waals surface area (Å²) in [4.78, 5) is 10.7. The zero-order valence-corrected chi connectivity index (χ0v) is 11.6. The molecular formula is C11H13F3N2O4S. The fourth-order valence-electron chi connectivity index (χ4n) is 1.68. The lowest BCUT2D eigenvalue weighted by Crippen LogP contribution is -2.37. The normalized spacial score (nSPS) is 13.7. The Morgan fingerprint density at radius 3 is 2.38 bits per heavy atom. The van der Waals surface area contributed by atoms with Gasteiger partial charge < -0.3 is 10.4 Å². The molecule has 0 radical (unpaired) electrons. The van der Waals surface area contributed by atoms with Crippen molar-refractivity contribution >= 4 is 16.1 Å². The molecule has 0 aliphatic carbocycles. The average Bonchev–Trinajstić information content (AvgIpc) is 2.32. The summed E-state index contributed by atoms with van der Waals surface area (Å²) >= 11 is 0. The Labute approximate surface area is 119 Å². The van der Waals surface area contributed by atoms with Crippen molar-refractivity contribution < 1.29 is 31.5 Å². The zero-order chi connectivity index (χ0) is 16.3. The van der Waals surface area contributed by atoms with Gasteiger partial charge in [-0.3, -0.25) is 0 Å². The highest BCUT2D eigenvalue weighted by molar-refractivity contribution is 7.88. The van der Waals surface area contributed by atoms with Crippen molar-refractivity contribution in [3.8, 4) is 0 Å². The van der Waals surface area contributed by atoms with Crippen LogP contribution in [0.15, 0.2) is 24.3 Å². The van der Waals surface area contributed by atoms with Gasteiger partial charge in [-0.25, -0.2) is 17.9 Å². The van der Waals surface area contributed by atoms with Crippen LogP contribution in [0, 0.1) is 0 Å². The van der Waals surface area contributed by atoms with E-state index in [0.717, 1.165) is 24.5 Å². The topological polar surface area (TPSA) is 95.5 Å². The molecule has 1 rings (SSSR count). The highest BCUT2D eigenvalue weighted by Gasteiger charge is 2.35. The van der Waals surface area contributed by atoms with Gasteiger partial charge in [0.1, 0.15) is 0 Å². The van der Waals surface area contributed by atoms with Gasteiger partial charge in [-0.05, 0) is 11.6 Å². The van der Waals surface area contributed by atoms with Gasteiger partial charge in [0.15, 0.2) is 0 Å². The number of amides is 1. The van der Waals surface area contributed by atoms with E-state index in [1.165, 1.54) is 6.07 Å². The van der Waals surface area contributed by atoms with Crippen LogP contribution in [-0.2, 0) is 16.2 Å². The molecule has 1 aromatic rings. The number of carbonyl (C=O) groups is 1. The fraction of sp³-hybridized carbons (Fsp3) is 0.364. The van der Waals surface area contributed by atoms with E-state index in [9.17, 15) is 26.4 Å². The van der Waals surface area contributed by atoms with Gasteiger partial charge in [0.25, 0.3) is 0 Å². The number of rotatable bonds is 5. The predicted molar refractivity (Wildman–Crippen MR) is 68.2 cm³/mol. The van der Waals surface area contributed by atoms with Crippen molar-refractivity contribution in [3.05, 3.63) is 35.4 Å². The quantitative estimate of drug-likeness (QED) is 0.765. The molecule has 0 aliphatic heterocycles. The third-order valence-corrected chi connectivity index (χ3v) is 3.18. The van der Waals surface area contributed by atoms with E-state index in [1.54, 1.807) is 0 Å². The third kappa shape index (κ3) is 5.60. The first-order chi connectivity index (χ1) is 9.50. The summed E-state index contributed by atoms with van der Waals surface area (Å²) in [5.74, 6) is 0. The molecule has 1 aromatic carbocycles. The zero-order valence-electron chi connectivity index (χ0n) is 10.8. The van der Waals surface area contributed by atoms with E-state index in [1.807, 2.05) is 10.0 Å². The molecule has 0 fully saturated rings. The second-order valence-electron chi connectivity index (χ2n) is 4.21. The lowest BCUT2D eigenvalue weighted by atomic mass is 10.00. The maximum absolute atomic E-state index is 12.9. The van der Waals surface area contributed by atoms with Gasteiger partial charge in [0.2, 0.25) is 10.0 Å². The number of benzene rings is 1. The van der Waals surface area contributed by atoms with Crippen molar-refractivity contribution in [2.45, 2.75) is 12.2 Å².